The van der Waals surface area contributed by atoms with Gasteiger partial charge in [-0.3, -0.25) is 0 Å². The van der Waals surface area contributed by atoms with Gasteiger partial charge >= 0.3 is 0 Å². The summed E-state index contributed by atoms with van der Waals surface area (Å²) < 4.78 is 5.96. The second kappa shape index (κ2) is 3.48. The van der Waals surface area contributed by atoms with E-state index in [9.17, 15) is 0 Å². The molecule has 17 heavy (non-hydrogen) atoms. The van der Waals surface area contributed by atoms with Gasteiger partial charge in [0.15, 0.2) is 0 Å². The van der Waals surface area contributed by atoms with Crippen LogP contribution >= 0.6 is 0 Å². The number of nitrogens with zero attached hydrogens (tertiary/aromatic N) is 1. The van der Waals surface area contributed by atoms with Crippen LogP contribution in [0.2, 0.25) is 0 Å². The Morgan fingerprint density at radius 2 is 1.71 bits per heavy atom. The largest absolute Gasteiger partial charge is 0.374 e. The van der Waals surface area contributed by atoms with E-state index < -0.39 is 0 Å². The van der Waals surface area contributed by atoms with Gasteiger partial charge in [0.05, 0.1) is 12.2 Å². The Morgan fingerprint density at radius 3 is 2.06 bits per heavy atom. The molecule has 0 N–H and O–H groups in total. The average Bonchev–Trinajstić information content (AvgIpc) is 3.01. The fourth-order valence-corrected chi connectivity index (χ4v) is 4.88. The maximum Gasteiger partial charge on any atom is 0.0730 e. The highest BCUT2D eigenvalue weighted by Gasteiger charge is 2.99. The van der Waals surface area contributed by atoms with Gasteiger partial charge in [-0.1, -0.05) is 27.7 Å². The molecule has 0 bridgehead atoms. The lowest BCUT2D eigenvalue weighted by atomic mass is 9.92. The highest BCUT2D eigenvalue weighted by Crippen LogP contribution is 2.98. The summed E-state index contributed by atoms with van der Waals surface area (Å²) in [7, 11) is 4.34. The molecule has 2 nitrogen and oxygen atoms in total. The molecule has 2 heteroatoms. The highest BCUT2D eigenvalue weighted by molar-refractivity contribution is 5.46. The Hall–Kier alpha value is -0.0800. The minimum absolute atomic E-state index is 0.239. The first-order valence-corrected chi connectivity index (χ1v) is 7.12. The zero-order valence-electron chi connectivity index (χ0n) is 12.7. The highest BCUT2D eigenvalue weighted by atomic mass is 16.5. The minimum Gasteiger partial charge on any atom is -0.374 e. The molecule has 0 aromatic heterocycles. The minimum atomic E-state index is 0.239. The van der Waals surface area contributed by atoms with Crippen molar-refractivity contribution in [1.29, 1.82) is 0 Å². The molecule has 3 fully saturated rings. The number of rotatable bonds is 3. The van der Waals surface area contributed by atoms with Gasteiger partial charge in [0.1, 0.15) is 0 Å². The summed E-state index contributed by atoms with van der Waals surface area (Å²) in [6.07, 6.45) is 2.63. The lowest BCUT2D eigenvalue weighted by Gasteiger charge is -2.23. The van der Waals surface area contributed by atoms with Crippen molar-refractivity contribution in [1.82, 2.24) is 4.90 Å². The molecule has 1 heterocycles. The molecule has 100 valence electrons. The van der Waals surface area contributed by atoms with E-state index >= 15 is 0 Å². The van der Waals surface area contributed by atoms with Crippen molar-refractivity contribution in [3.8, 4) is 0 Å². The third-order valence-corrected chi connectivity index (χ3v) is 6.16. The summed E-state index contributed by atoms with van der Waals surface area (Å²) in [5.74, 6) is 0. The summed E-state index contributed by atoms with van der Waals surface area (Å²) in [5.41, 5.74) is 1.80. The van der Waals surface area contributed by atoms with E-state index in [4.69, 9.17) is 4.74 Å². The van der Waals surface area contributed by atoms with Crippen molar-refractivity contribution in [2.75, 3.05) is 27.2 Å². The van der Waals surface area contributed by atoms with Crippen LogP contribution in [0.25, 0.3) is 0 Å². The topological polar surface area (TPSA) is 12.5 Å². The first kappa shape index (κ1) is 13.4. The summed E-state index contributed by atoms with van der Waals surface area (Å²) in [4.78, 5) is 2.31. The molecule has 0 amide bonds. The maximum atomic E-state index is 5.96. The van der Waals surface area contributed by atoms with Gasteiger partial charge in [-0.25, -0.2) is 0 Å². The quantitative estimate of drug-likeness (QED) is 0.750. The summed E-state index contributed by atoms with van der Waals surface area (Å²) >= 11 is 0. The Labute approximate surface area is 107 Å². The lowest BCUT2D eigenvalue weighted by Crippen LogP contribution is -2.24. The van der Waals surface area contributed by atoms with Crippen LogP contribution in [0.5, 0.6) is 0 Å². The van der Waals surface area contributed by atoms with Crippen molar-refractivity contribution in [2.24, 2.45) is 16.2 Å². The number of hydrogen-bond donors (Lipinski definition) is 0. The lowest BCUT2D eigenvalue weighted by molar-refractivity contribution is 0.0222. The number of ether oxygens (including phenoxy) is 1. The van der Waals surface area contributed by atoms with Crippen LogP contribution in [0.1, 0.15) is 47.5 Å². The summed E-state index contributed by atoms with van der Waals surface area (Å²) in [6, 6.07) is 0. The predicted octanol–water partition coefficient (Wildman–Crippen LogP) is 3.17. The van der Waals surface area contributed by atoms with E-state index in [0.29, 0.717) is 16.2 Å². The number of hydrogen-bond acceptors (Lipinski definition) is 2. The van der Waals surface area contributed by atoms with Crippen LogP contribution < -0.4 is 0 Å². The molecule has 1 saturated heterocycles. The third kappa shape index (κ3) is 1.19. The smallest absolute Gasteiger partial charge is 0.0730 e. The van der Waals surface area contributed by atoms with Gasteiger partial charge in [0, 0.05) is 10.8 Å². The molecular formula is C15H29NO. The van der Waals surface area contributed by atoms with Gasteiger partial charge in [0.25, 0.3) is 0 Å². The van der Waals surface area contributed by atoms with Crippen molar-refractivity contribution in [3.63, 3.8) is 0 Å². The Balaban J connectivity index is 0.000000514. The molecule has 3 aliphatic rings. The Bertz CT molecular complexity index is 329. The van der Waals surface area contributed by atoms with E-state index in [-0.39, 0.29) is 5.60 Å². The van der Waals surface area contributed by atoms with E-state index in [2.05, 4.69) is 39.8 Å². The molecule has 2 saturated carbocycles. The second-order valence-electron chi connectivity index (χ2n) is 6.82. The van der Waals surface area contributed by atoms with E-state index in [1.165, 1.54) is 19.4 Å². The summed E-state index contributed by atoms with van der Waals surface area (Å²) in [6.45, 7) is 13.5. The molecule has 2 aliphatic carbocycles. The van der Waals surface area contributed by atoms with Crippen LogP contribution in [-0.2, 0) is 4.74 Å². The molecule has 4 atom stereocenters. The Morgan fingerprint density at radius 1 is 1.12 bits per heavy atom. The van der Waals surface area contributed by atoms with Crippen LogP contribution in [0.4, 0.5) is 0 Å². The molecular weight excluding hydrogens is 210 g/mol. The molecule has 1 spiro atoms. The average molecular weight is 239 g/mol. The van der Waals surface area contributed by atoms with Crippen molar-refractivity contribution in [2.45, 2.75) is 53.1 Å². The molecule has 0 aromatic carbocycles. The van der Waals surface area contributed by atoms with Crippen LogP contribution in [0, 0.1) is 16.2 Å². The molecule has 0 aromatic rings. The van der Waals surface area contributed by atoms with E-state index in [1.807, 2.05) is 13.8 Å². The fraction of sp³-hybridized carbons (Fsp3) is 1.00. The molecule has 4 unspecified atom stereocenters. The fourth-order valence-electron chi connectivity index (χ4n) is 4.88. The normalized spacial score (nSPS) is 53.6. The van der Waals surface area contributed by atoms with Gasteiger partial charge in [-0.15, -0.1) is 0 Å². The van der Waals surface area contributed by atoms with E-state index in [0.717, 1.165) is 6.61 Å². The van der Waals surface area contributed by atoms with Crippen LogP contribution in [0.15, 0.2) is 0 Å². The Kier molecular flexibility index (Phi) is 2.73. The first-order chi connectivity index (χ1) is 7.83. The predicted molar refractivity (Wildman–Crippen MR) is 72.1 cm³/mol. The molecule has 3 rings (SSSR count). The SMILES string of the molecule is CC.CN(C)CCC1(C)C2(C)COC3(C)CC312. The third-order valence-electron chi connectivity index (χ3n) is 6.16. The zero-order valence-corrected chi connectivity index (χ0v) is 12.7. The van der Waals surface area contributed by atoms with Gasteiger partial charge < -0.3 is 9.64 Å². The molecule has 1 aliphatic heterocycles. The monoisotopic (exact) mass is 239 g/mol. The van der Waals surface area contributed by atoms with Crippen molar-refractivity contribution in [3.05, 3.63) is 0 Å². The van der Waals surface area contributed by atoms with Gasteiger partial charge in [-0.05, 0) is 45.8 Å². The van der Waals surface area contributed by atoms with Crippen LogP contribution in [0.3, 0.4) is 0 Å². The van der Waals surface area contributed by atoms with E-state index in [1.54, 1.807) is 0 Å². The standard InChI is InChI=1S/C13H23NO.C2H6/c1-10(6-7-14(4)5)11(2)9-15-12(3)8-13(10,11)12;1-2/h6-9H2,1-5H3;1-2H3. The van der Waals surface area contributed by atoms with Crippen molar-refractivity contribution >= 4 is 0 Å². The van der Waals surface area contributed by atoms with Gasteiger partial charge in [0.2, 0.25) is 0 Å². The van der Waals surface area contributed by atoms with Crippen LogP contribution in [-0.4, -0.2) is 37.7 Å². The second-order valence-corrected chi connectivity index (χ2v) is 6.82. The molecule has 0 radical (unpaired) electrons. The zero-order chi connectivity index (χ0) is 13.1. The summed E-state index contributed by atoms with van der Waals surface area (Å²) in [5, 5.41) is 0. The first-order valence-electron chi connectivity index (χ1n) is 7.12. The van der Waals surface area contributed by atoms with Crippen molar-refractivity contribution < 1.29 is 4.74 Å². The van der Waals surface area contributed by atoms with Gasteiger partial charge in [-0.2, -0.15) is 0 Å². The maximum absolute atomic E-state index is 5.96.